The number of hydrogen-bond donors (Lipinski definition) is 0. The van der Waals surface area contributed by atoms with Crippen LogP contribution in [0.3, 0.4) is 0 Å². The largest absolute Gasteiger partial charge is 0.226 e. The number of nitrogens with zero attached hydrogens (tertiary/aromatic N) is 1. The van der Waals surface area contributed by atoms with Crippen LogP contribution >= 0.6 is 11.9 Å². The van der Waals surface area contributed by atoms with Crippen LogP contribution in [0.1, 0.15) is 32.1 Å². The Bertz CT molecular complexity index is 101. The van der Waals surface area contributed by atoms with Gasteiger partial charge in [0.2, 0.25) is 0 Å². The molecular weight excluding hydrogens is 130 g/mol. The number of rotatable bonds is 1. The van der Waals surface area contributed by atoms with Gasteiger partial charge in [0, 0.05) is 12.0 Å². The van der Waals surface area contributed by atoms with E-state index in [4.69, 9.17) is 0 Å². The van der Waals surface area contributed by atoms with Gasteiger partial charge in [0.1, 0.15) is 0 Å². The summed E-state index contributed by atoms with van der Waals surface area (Å²) < 4.78 is 4.32. The summed E-state index contributed by atoms with van der Waals surface area (Å²) in [4.78, 5) is 0. The van der Waals surface area contributed by atoms with Gasteiger partial charge in [0.15, 0.2) is 0 Å². The van der Waals surface area contributed by atoms with E-state index < -0.39 is 0 Å². The van der Waals surface area contributed by atoms with Crippen molar-refractivity contribution in [2.45, 2.75) is 32.1 Å². The molecule has 0 atom stereocenters. The minimum absolute atomic E-state index is 1.25. The minimum atomic E-state index is 1.25. The van der Waals surface area contributed by atoms with E-state index in [-0.39, 0.29) is 0 Å². The molecule has 0 radical (unpaired) electrons. The van der Waals surface area contributed by atoms with Crippen molar-refractivity contribution in [3.63, 3.8) is 0 Å². The molecule has 0 aliphatic heterocycles. The van der Waals surface area contributed by atoms with Crippen molar-refractivity contribution in [2.75, 3.05) is 6.26 Å². The van der Waals surface area contributed by atoms with E-state index in [1.165, 1.54) is 37.8 Å². The lowest BCUT2D eigenvalue weighted by Crippen LogP contribution is -2.03. The van der Waals surface area contributed by atoms with Crippen LogP contribution in [0.25, 0.3) is 0 Å². The van der Waals surface area contributed by atoms with Crippen LogP contribution in [0.5, 0.6) is 0 Å². The number of hydrogen-bond acceptors (Lipinski definition) is 2. The predicted octanol–water partition coefficient (Wildman–Crippen LogP) is 2.67. The van der Waals surface area contributed by atoms with Crippen LogP contribution in [0.4, 0.5) is 0 Å². The summed E-state index contributed by atoms with van der Waals surface area (Å²) in [5.41, 5.74) is 1.42. The van der Waals surface area contributed by atoms with Gasteiger partial charge in [-0.25, -0.2) is 4.40 Å². The van der Waals surface area contributed by atoms with Gasteiger partial charge in [-0.15, -0.1) is 0 Å². The highest BCUT2D eigenvalue weighted by molar-refractivity contribution is 7.97. The fourth-order valence-corrected chi connectivity index (χ4v) is 1.62. The molecule has 0 bridgehead atoms. The van der Waals surface area contributed by atoms with Gasteiger partial charge in [0.25, 0.3) is 0 Å². The third-order valence-corrected chi connectivity index (χ3v) is 2.09. The monoisotopic (exact) mass is 143 g/mol. The van der Waals surface area contributed by atoms with Crippen molar-refractivity contribution < 1.29 is 0 Å². The molecule has 1 rings (SSSR count). The van der Waals surface area contributed by atoms with E-state index in [0.29, 0.717) is 0 Å². The Labute approximate surface area is 61.1 Å². The quantitative estimate of drug-likeness (QED) is 0.514. The molecule has 0 N–H and O–H groups in total. The lowest BCUT2D eigenvalue weighted by molar-refractivity contribution is 0.668. The standard InChI is InChI=1S/C7H13NS/c1-9-8-7-5-3-2-4-6-7/h2-6H2,1H3. The van der Waals surface area contributed by atoms with Crippen LogP contribution in [-0.4, -0.2) is 12.0 Å². The molecule has 0 amide bonds. The molecule has 0 aromatic heterocycles. The van der Waals surface area contributed by atoms with E-state index in [0.717, 1.165) is 0 Å². The first-order valence-electron chi connectivity index (χ1n) is 3.52. The molecule has 52 valence electrons. The summed E-state index contributed by atoms with van der Waals surface area (Å²) in [6.45, 7) is 0. The van der Waals surface area contributed by atoms with Gasteiger partial charge >= 0.3 is 0 Å². The van der Waals surface area contributed by atoms with Crippen LogP contribution in [-0.2, 0) is 0 Å². The average Bonchev–Trinajstić information content (AvgIpc) is 1.91. The van der Waals surface area contributed by atoms with Gasteiger partial charge in [-0.3, -0.25) is 0 Å². The SMILES string of the molecule is CSN=C1CCCCC1. The molecule has 1 nitrogen and oxygen atoms in total. The molecule has 0 saturated heterocycles. The van der Waals surface area contributed by atoms with Crippen molar-refractivity contribution in [3.8, 4) is 0 Å². The lowest BCUT2D eigenvalue weighted by atomic mass is 9.99. The molecule has 0 aromatic carbocycles. The Kier molecular flexibility index (Phi) is 3.12. The van der Waals surface area contributed by atoms with E-state index in [1.54, 1.807) is 11.9 Å². The van der Waals surface area contributed by atoms with Crippen molar-refractivity contribution >= 4 is 17.7 Å². The summed E-state index contributed by atoms with van der Waals surface area (Å²) in [7, 11) is 0. The Morgan fingerprint density at radius 2 is 1.89 bits per heavy atom. The van der Waals surface area contributed by atoms with Crippen molar-refractivity contribution in [2.24, 2.45) is 4.40 Å². The Morgan fingerprint density at radius 1 is 1.22 bits per heavy atom. The van der Waals surface area contributed by atoms with Crippen LogP contribution in [0, 0.1) is 0 Å². The molecule has 0 unspecified atom stereocenters. The Morgan fingerprint density at radius 3 is 2.44 bits per heavy atom. The average molecular weight is 143 g/mol. The first-order chi connectivity index (χ1) is 4.43. The normalized spacial score (nSPS) is 19.9. The zero-order chi connectivity index (χ0) is 6.53. The summed E-state index contributed by atoms with van der Waals surface area (Å²) in [5.74, 6) is 0. The summed E-state index contributed by atoms with van der Waals surface area (Å²) in [6.07, 6.45) is 8.66. The molecule has 9 heavy (non-hydrogen) atoms. The van der Waals surface area contributed by atoms with Gasteiger partial charge in [-0.1, -0.05) is 6.42 Å². The maximum absolute atomic E-state index is 4.32. The third-order valence-electron chi connectivity index (χ3n) is 1.65. The second-order valence-corrected chi connectivity index (χ2v) is 2.95. The molecular formula is C7H13NS. The topological polar surface area (TPSA) is 12.4 Å². The van der Waals surface area contributed by atoms with Crippen LogP contribution in [0.15, 0.2) is 4.40 Å². The fraction of sp³-hybridized carbons (Fsp3) is 0.857. The molecule has 0 heterocycles. The van der Waals surface area contributed by atoms with Crippen molar-refractivity contribution in [1.82, 2.24) is 0 Å². The molecule has 1 aliphatic rings. The van der Waals surface area contributed by atoms with Gasteiger partial charge in [-0.05, 0) is 37.6 Å². The summed E-state index contributed by atoms with van der Waals surface area (Å²) in [6, 6.07) is 0. The predicted molar refractivity (Wildman–Crippen MR) is 44.0 cm³/mol. The summed E-state index contributed by atoms with van der Waals surface area (Å²) >= 11 is 1.60. The Balaban J connectivity index is 2.30. The van der Waals surface area contributed by atoms with Crippen molar-refractivity contribution in [1.29, 1.82) is 0 Å². The fourth-order valence-electron chi connectivity index (χ4n) is 1.18. The second-order valence-electron chi connectivity index (χ2n) is 2.40. The maximum atomic E-state index is 4.32. The smallest absolute Gasteiger partial charge is 0.0262 e. The Hall–Kier alpha value is 0.0200. The first kappa shape index (κ1) is 7.13. The lowest BCUT2D eigenvalue weighted by Gasteiger charge is -2.10. The summed E-state index contributed by atoms with van der Waals surface area (Å²) in [5, 5.41) is 0. The molecule has 1 aliphatic carbocycles. The molecule has 2 heteroatoms. The van der Waals surface area contributed by atoms with Gasteiger partial charge in [0.05, 0.1) is 0 Å². The maximum Gasteiger partial charge on any atom is 0.0262 e. The third kappa shape index (κ3) is 2.39. The van der Waals surface area contributed by atoms with E-state index in [2.05, 4.69) is 4.40 Å². The highest BCUT2D eigenvalue weighted by Gasteiger charge is 2.04. The van der Waals surface area contributed by atoms with Crippen LogP contribution < -0.4 is 0 Å². The second kappa shape index (κ2) is 3.94. The zero-order valence-corrected chi connectivity index (χ0v) is 6.71. The van der Waals surface area contributed by atoms with Gasteiger partial charge in [-0.2, -0.15) is 0 Å². The van der Waals surface area contributed by atoms with Gasteiger partial charge < -0.3 is 0 Å². The first-order valence-corrected chi connectivity index (χ1v) is 4.70. The zero-order valence-electron chi connectivity index (χ0n) is 5.89. The van der Waals surface area contributed by atoms with E-state index in [9.17, 15) is 0 Å². The highest BCUT2D eigenvalue weighted by atomic mass is 32.2. The molecule has 0 spiro atoms. The van der Waals surface area contributed by atoms with Crippen molar-refractivity contribution in [3.05, 3.63) is 0 Å². The highest BCUT2D eigenvalue weighted by Crippen LogP contribution is 2.16. The molecule has 1 saturated carbocycles. The van der Waals surface area contributed by atoms with E-state index >= 15 is 0 Å². The minimum Gasteiger partial charge on any atom is -0.226 e. The van der Waals surface area contributed by atoms with E-state index in [1.807, 2.05) is 6.26 Å². The van der Waals surface area contributed by atoms with Crippen LogP contribution in [0.2, 0.25) is 0 Å². The molecule has 0 aromatic rings. The molecule has 1 fully saturated rings.